The van der Waals surface area contributed by atoms with Gasteiger partial charge in [0.1, 0.15) is 25.0 Å². The second-order valence-electron chi connectivity index (χ2n) is 14.9. The number of aromatic amines is 1. The lowest BCUT2D eigenvalue weighted by atomic mass is 10.0. The van der Waals surface area contributed by atoms with Crippen LogP contribution < -0.4 is 20.1 Å². The predicted octanol–water partition coefficient (Wildman–Crippen LogP) is 8.49. The zero-order valence-electron chi connectivity index (χ0n) is 33.6. The van der Waals surface area contributed by atoms with Gasteiger partial charge in [-0.1, -0.05) is 138 Å². The highest BCUT2D eigenvalue weighted by atomic mass is 32.2. The lowest BCUT2D eigenvalue weighted by Gasteiger charge is -2.18. The van der Waals surface area contributed by atoms with E-state index >= 15 is 0 Å². The van der Waals surface area contributed by atoms with Crippen LogP contribution in [0.2, 0.25) is 0 Å². The number of nitrogens with one attached hydrogen (secondary N) is 2. The summed E-state index contributed by atoms with van der Waals surface area (Å²) in [6, 6.07) is 22.0. The number of anilines is 1. The molecule has 13 nitrogen and oxygen atoms in total. The number of unbranched alkanes of at least 4 members (excludes halogenated alkanes) is 13. The Labute approximate surface area is 341 Å². The van der Waals surface area contributed by atoms with Crippen molar-refractivity contribution in [3.8, 4) is 17.1 Å². The average molecular weight is 819 g/mol. The van der Waals surface area contributed by atoms with Crippen LogP contribution in [0.4, 0.5) is 10.5 Å². The van der Waals surface area contributed by atoms with Gasteiger partial charge in [0.05, 0.1) is 12.3 Å². The fourth-order valence-corrected chi connectivity index (χ4v) is 8.20. The Balaban J connectivity index is 1.06. The van der Waals surface area contributed by atoms with E-state index in [4.69, 9.17) is 14.2 Å². The second kappa shape index (κ2) is 23.5. The molecule has 14 heteroatoms. The normalized spacial score (nSPS) is 14.7. The molecule has 2 unspecified atom stereocenters. The minimum Gasteiger partial charge on any atom is -0.490 e. The number of hydrogen-bond donors (Lipinski definition) is 2. The number of benzene rings is 3. The van der Waals surface area contributed by atoms with E-state index in [0.29, 0.717) is 29.0 Å². The van der Waals surface area contributed by atoms with Crippen molar-refractivity contribution < 1.29 is 36.7 Å². The molecule has 314 valence electrons. The van der Waals surface area contributed by atoms with E-state index in [0.717, 1.165) is 24.8 Å². The summed E-state index contributed by atoms with van der Waals surface area (Å²) in [6.45, 7) is 2.65. The topological polar surface area (TPSA) is 170 Å². The fraction of sp³-hybridized carbons (Fsp3) is 0.500. The van der Waals surface area contributed by atoms with Crippen LogP contribution in [0.3, 0.4) is 0 Å². The molecule has 3 aromatic carbocycles. The summed E-state index contributed by atoms with van der Waals surface area (Å²) >= 11 is 0. The van der Waals surface area contributed by atoms with E-state index in [1.807, 2.05) is 30.3 Å². The molecule has 1 aromatic heterocycles. The molecule has 1 aliphatic rings. The zero-order valence-corrected chi connectivity index (χ0v) is 34.4. The Bertz CT molecular complexity index is 1980. The lowest BCUT2D eigenvalue weighted by Crippen LogP contribution is -2.44. The van der Waals surface area contributed by atoms with Crippen LogP contribution in [0.25, 0.3) is 11.4 Å². The number of nitrogens with zero attached hydrogens (tertiary/aromatic N) is 2. The summed E-state index contributed by atoms with van der Waals surface area (Å²) in [5, 5.41) is 3.67. The molecule has 2 N–H and O–H groups in total. The molecule has 0 bridgehead atoms. The number of aromatic nitrogens is 2. The van der Waals surface area contributed by atoms with E-state index in [2.05, 4.69) is 26.3 Å². The van der Waals surface area contributed by atoms with Crippen molar-refractivity contribution >= 4 is 27.8 Å². The van der Waals surface area contributed by atoms with E-state index in [-0.39, 0.29) is 37.8 Å². The van der Waals surface area contributed by atoms with Gasteiger partial charge in [0, 0.05) is 11.3 Å². The predicted molar refractivity (Wildman–Crippen MR) is 223 cm³/mol. The van der Waals surface area contributed by atoms with Crippen molar-refractivity contribution in [2.45, 2.75) is 122 Å². The van der Waals surface area contributed by atoms with Crippen LogP contribution in [0, 0.1) is 0 Å². The summed E-state index contributed by atoms with van der Waals surface area (Å²) in [6.07, 6.45) is 15.5. The summed E-state index contributed by atoms with van der Waals surface area (Å²) < 4.78 is 50.6. The van der Waals surface area contributed by atoms with Crippen LogP contribution in [-0.2, 0) is 37.3 Å². The third-order valence-electron chi connectivity index (χ3n) is 10.2. The molecule has 2 heterocycles. The van der Waals surface area contributed by atoms with Crippen molar-refractivity contribution in [2.24, 2.45) is 0 Å². The highest BCUT2D eigenvalue weighted by molar-refractivity contribution is 7.89. The molecule has 2 atom stereocenters. The van der Waals surface area contributed by atoms with Crippen LogP contribution >= 0.6 is 0 Å². The van der Waals surface area contributed by atoms with Gasteiger partial charge in [-0.05, 0) is 60.4 Å². The third kappa shape index (κ3) is 15.1. The number of cyclic esters (lactones) is 1. The maximum absolute atomic E-state index is 13.3. The summed E-state index contributed by atoms with van der Waals surface area (Å²) in [7, 11) is -3.75. The van der Waals surface area contributed by atoms with Crippen molar-refractivity contribution in [1.29, 1.82) is 0 Å². The number of esters is 1. The number of rotatable bonds is 27. The first-order valence-electron chi connectivity index (χ1n) is 20.8. The summed E-state index contributed by atoms with van der Waals surface area (Å²) in [5.41, 5.74) is 2.75. The van der Waals surface area contributed by atoms with Gasteiger partial charge in [0.25, 0.3) is 0 Å². The Morgan fingerprint density at radius 1 is 0.828 bits per heavy atom. The fourth-order valence-electron chi connectivity index (χ4n) is 6.88. The van der Waals surface area contributed by atoms with Gasteiger partial charge in [-0.15, -0.1) is 0 Å². The SMILES string of the molecule is CCCCCCCCCCCCCCCCS(=O)(=O)NC(Cc1ccc(OCC2CN(c3ccc(-c4noc(=O)[nH]4)cc3)C(=O)O2)cc1)C(=O)OCc1ccccc1. The van der Waals surface area contributed by atoms with E-state index in [9.17, 15) is 22.8 Å². The second-order valence-corrected chi connectivity index (χ2v) is 16.8. The Morgan fingerprint density at radius 2 is 1.45 bits per heavy atom. The van der Waals surface area contributed by atoms with Crippen molar-refractivity contribution in [1.82, 2.24) is 14.9 Å². The first-order chi connectivity index (χ1) is 28.2. The number of carbonyl (C=O) groups is 2. The number of amides is 1. The first-order valence-corrected chi connectivity index (χ1v) is 22.4. The molecule has 0 aliphatic carbocycles. The molecule has 4 aromatic rings. The number of hydrogen-bond acceptors (Lipinski definition) is 10. The number of carbonyl (C=O) groups excluding carboxylic acids is 2. The largest absolute Gasteiger partial charge is 0.490 e. The molecule has 58 heavy (non-hydrogen) atoms. The lowest BCUT2D eigenvalue weighted by molar-refractivity contribution is -0.147. The maximum Gasteiger partial charge on any atom is 0.439 e. The molecule has 1 saturated heterocycles. The van der Waals surface area contributed by atoms with Crippen LogP contribution in [0.1, 0.15) is 108 Å². The van der Waals surface area contributed by atoms with E-state index < -0.39 is 40.0 Å². The molecule has 1 fully saturated rings. The quantitative estimate of drug-likeness (QED) is 0.0439. The Morgan fingerprint density at radius 3 is 2.05 bits per heavy atom. The van der Waals surface area contributed by atoms with Gasteiger partial charge >= 0.3 is 17.8 Å². The molecular weight excluding hydrogens is 761 g/mol. The number of sulfonamides is 1. The zero-order chi connectivity index (χ0) is 41.0. The Hall–Kier alpha value is -4.95. The smallest absolute Gasteiger partial charge is 0.439 e. The monoisotopic (exact) mass is 818 g/mol. The van der Waals surface area contributed by atoms with Crippen molar-refractivity contribution in [2.75, 3.05) is 23.8 Å². The van der Waals surface area contributed by atoms with Gasteiger partial charge in [0.2, 0.25) is 10.0 Å². The Kier molecular flexibility index (Phi) is 17.9. The molecule has 0 spiro atoms. The highest BCUT2D eigenvalue weighted by Gasteiger charge is 2.33. The number of H-pyrrole nitrogens is 1. The van der Waals surface area contributed by atoms with E-state index in [1.165, 1.54) is 69.1 Å². The highest BCUT2D eigenvalue weighted by Crippen LogP contribution is 2.25. The molecule has 0 radical (unpaired) electrons. The van der Waals surface area contributed by atoms with Gasteiger partial charge in [-0.25, -0.2) is 22.7 Å². The molecule has 0 saturated carbocycles. The third-order valence-corrected chi connectivity index (χ3v) is 11.6. The summed E-state index contributed by atoms with van der Waals surface area (Å²) in [5.74, 6) is -0.557. The first kappa shape index (κ1) is 44.2. The average Bonchev–Trinajstić information content (AvgIpc) is 3.84. The molecule has 5 rings (SSSR count). The van der Waals surface area contributed by atoms with Crippen LogP contribution in [0.5, 0.6) is 5.75 Å². The van der Waals surface area contributed by atoms with Crippen LogP contribution in [-0.4, -0.2) is 61.7 Å². The van der Waals surface area contributed by atoms with Gasteiger partial charge in [0.15, 0.2) is 11.9 Å². The van der Waals surface area contributed by atoms with Gasteiger partial charge in [-0.3, -0.25) is 19.2 Å². The standard InChI is InChI=1S/C44H58N4O9S/c1-2-3-4-5-6-7-8-9-10-11-12-13-14-18-29-58(52,53)47-40(42(49)55-32-35-19-16-15-17-20-35)30-34-21-27-38(28-22-34)54-33-39-31-48(44(51)56-39)37-25-23-36(24-26-37)41-45-43(50)57-46-41/h15-17,19-28,39-40,47H,2-14,18,29-33H2,1H3,(H,45,46,50). The minimum atomic E-state index is -3.75. The van der Waals surface area contributed by atoms with Crippen LogP contribution in [0.15, 0.2) is 88.2 Å². The molecule has 1 amide bonds. The molecule has 1 aliphatic heterocycles. The van der Waals surface area contributed by atoms with Crippen molar-refractivity contribution in [3.05, 3.63) is 101 Å². The van der Waals surface area contributed by atoms with Gasteiger partial charge in [-0.2, -0.15) is 0 Å². The van der Waals surface area contributed by atoms with Gasteiger partial charge < -0.3 is 14.2 Å². The van der Waals surface area contributed by atoms with Crippen molar-refractivity contribution in [3.63, 3.8) is 0 Å². The molecular formula is C44H58N4O9S. The number of ether oxygens (including phenoxy) is 3. The van der Waals surface area contributed by atoms with E-state index in [1.54, 1.807) is 48.5 Å². The summed E-state index contributed by atoms with van der Waals surface area (Å²) in [4.78, 5) is 41.2. The minimum absolute atomic E-state index is 0.0307. The maximum atomic E-state index is 13.3.